The highest BCUT2D eigenvalue weighted by molar-refractivity contribution is 5.94. The second-order valence-corrected chi connectivity index (χ2v) is 9.99. The van der Waals surface area contributed by atoms with Crippen LogP contribution in [0.1, 0.15) is 16.7 Å². The Kier molecular flexibility index (Phi) is 12.2. The molecule has 0 spiro atoms. The van der Waals surface area contributed by atoms with E-state index in [0.29, 0.717) is 16.7 Å². The number of carbonyl (C=O) groups excluding carboxylic acids is 4. The van der Waals surface area contributed by atoms with Gasteiger partial charge in [0.2, 0.25) is 23.6 Å². The molecule has 0 aliphatic heterocycles. The van der Waals surface area contributed by atoms with Gasteiger partial charge in [-0.3, -0.25) is 19.2 Å². The van der Waals surface area contributed by atoms with Crippen LogP contribution in [0, 0.1) is 0 Å². The lowest BCUT2D eigenvalue weighted by molar-refractivity contribution is -0.142. The Bertz CT molecular complexity index is 1430. The quantitative estimate of drug-likeness (QED) is 0.114. The number of hydrogen-bond acceptors (Lipinski definition) is 8. The minimum absolute atomic E-state index is 0.000226. The molecule has 0 aliphatic rings. The first-order valence-corrected chi connectivity index (χ1v) is 13.7. The Morgan fingerprint density at radius 2 is 1.02 bits per heavy atom. The van der Waals surface area contributed by atoms with Gasteiger partial charge in [-0.05, 0) is 41.0 Å². The summed E-state index contributed by atoms with van der Waals surface area (Å²) in [5.41, 5.74) is 7.07. The van der Waals surface area contributed by atoms with Crippen molar-refractivity contribution in [3.05, 3.63) is 95.6 Å². The second kappa shape index (κ2) is 16.3. The van der Waals surface area contributed by atoms with E-state index in [4.69, 9.17) is 5.73 Å². The minimum Gasteiger partial charge on any atom is -0.508 e. The Labute approximate surface area is 253 Å². The molecule has 3 aromatic rings. The summed E-state index contributed by atoms with van der Waals surface area (Å²) in [5, 5.41) is 39.0. The summed E-state index contributed by atoms with van der Waals surface area (Å²) < 4.78 is 0. The van der Waals surface area contributed by atoms with Crippen molar-refractivity contribution in [3.8, 4) is 11.5 Å². The maximum Gasteiger partial charge on any atom is 0.326 e. The molecule has 3 rings (SSSR count). The van der Waals surface area contributed by atoms with Crippen LogP contribution in [-0.2, 0) is 43.2 Å². The van der Waals surface area contributed by atoms with Gasteiger partial charge in [-0.25, -0.2) is 4.79 Å². The Morgan fingerprint density at radius 3 is 1.50 bits per heavy atom. The third kappa shape index (κ3) is 10.8. The van der Waals surface area contributed by atoms with E-state index in [2.05, 4.69) is 21.3 Å². The highest BCUT2D eigenvalue weighted by Crippen LogP contribution is 2.14. The number of nitrogens with two attached hydrogens (primary N) is 1. The molecule has 3 atom stereocenters. The number of rotatable bonds is 15. The molecule has 0 radical (unpaired) electrons. The third-order valence-electron chi connectivity index (χ3n) is 6.57. The molecule has 0 heterocycles. The molecule has 0 saturated carbocycles. The van der Waals surface area contributed by atoms with E-state index in [1.54, 1.807) is 42.5 Å². The van der Waals surface area contributed by atoms with Gasteiger partial charge in [0.25, 0.3) is 0 Å². The van der Waals surface area contributed by atoms with Crippen LogP contribution in [0.2, 0.25) is 0 Å². The predicted octanol–water partition coefficient (Wildman–Crippen LogP) is -0.260. The maximum atomic E-state index is 13.6. The molecule has 0 aliphatic carbocycles. The van der Waals surface area contributed by atoms with E-state index in [1.807, 2.05) is 0 Å². The molecule has 13 heteroatoms. The number of nitrogens with one attached hydrogen (secondary N) is 4. The summed E-state index contributed by atoms with van der Waals surface area (Å²) in [5.74, 6) is -4.06. The van der Waals surface area contributed by atoms with Gasteiger partial charge >= 0.3 is 5.97 Å². The van der Waals surface area contributed by atoms with Crippen LogP contribution in [0.25, 0.3) is 0 Å². The molecule has 0 bridgehead atoms. The average Bonchev–Trinajstić information content (AvgIpc) is 3.01. The summed E-state index contributed by atoms with van der Waals surface area (Å²) in [6.07, 6.45) is -0.111. The summed E-state index contributed by atoms with van der Waals surface area (Å²) in [6.45, 7) is -0.747. The SMILES string of the molecule is NCC(=O)NCC(=O)N[C@H](Cc1ccccc1)C(=O)N[C@H](Cc1ccc(O)cc1)C(=O)N[C@H](Cc1ccc(O)cc1)C(=O)O. The summed E-state index contributed by atoms with van der Waals surface area (Å²) in [6, 6.07) is 16.8. The molecular weight excluding hydrogens is 570 g/mol. The maximum absolute atomic E-state index is 13.6. The van der Waals surface area contributed by atoms with Crippen LogP contribution in [0.3, 0.4) is 0 Å². The number of amides is 4. The molecule has 44 heavy (non-hydrogen) atoms. The first-order chi connectivity index (χ1) is 21.0. The van der Waals surface area contributed by atoms with Crippen molar-refractivity contribution in [2.24, 2.45) is 5.73 Å². The van der Waals surface area contributed by atoms with Gasteiger partial charge in [-0.15, -0.1) is 0 Å². The zero-order chi connectivity index (χ0) is 32.1. The summed E-state index contributed by atoms with van der Waals surface area (Å²) in [7, 11) is 0. The zero-order valence-corrected chi connectivity index (χ0v) is 23.7. The van der Waals surface area contributed by atoms with Crippen molar-refractivity contribution in [2.45, 2.75) is 37.4 Å². The van der Waals surface area contributed by atoms with Gasteiger partial charge in [-0.1, -0.05) is 54.6 Å². The smallest absolute Gasteiger partial charge is 0.326 e. The van der Waals surface area contributed by atoms with Crippen LogP contribution < -0.4 is 27.0 Å². The number of hydrogen-bond donors (Lipinski definition) is 8. The van der Waals surface area contributed by atoms with E-state index in [9.17, 15) is 39.3 Å². The van der Waals surface area contributed by atoms with E-state index in [0.717, 1.165) is 0 Å². The van der Waals surface area contributed by atoms with Crippen LogP contribution >= 0.6 is 0 Å². The van der Waals surface area contributed by atoms with Crippen molar-refractivity contribution in [3.63, 3.8) is 0 Å². The van der Waals surface area contributed by atoms with E-state index < -0.39 is 54.3 Å². The number of aliphatic carboxylic acids is 1. The molecule has 13 nitrogen and oxygen atoms in total. The number of phenolic OH excluding ortho intramolecular Hbond substituents is 2. The third-order valence-corrected chi connectivity index (χ3v) is 6.57. The van der Waals surface area contributed by atoms with Gasteiger partial charge in [-0.2, -0.15) is 0 Å². The van der Waals surface area contributed by atoms with Crippen molar-refractivity contribution in [1.82, 2.24) is 21.3 Å². The number of phenols is 2. The Morgan fingerprint density at radius 1 is 0.591 bits per heavy atom. The average molecular weight is 606 g/mol. The Balaban J connectivity index is 1.83. The lowest BCUT2D eigenvalue weighted by atomic mass is 10.0. The van der Waals surface area contributed by atoms with Crippen LogP contribution in [0.5, 0.6) is 11.5 Å². The first-order valence-electron chi connectivity index (χ1n) is 13.7. The highest BCUT2D eigenvalue weighted by Gasteiger charge is 2.30. The van der Waals surface area contributed by atoms with Crippen molar-refractivity contribution in [2.75, 3.05) is 13.1 Å². The predicted molar refractivity (Wildman–Crippen MR) is 159 cm³/mol. The number of carboxylic acid groups (broad SMARTS) is 1. The van der Waals surface area contributed by atoms with Gasteiger partial charge < -0.3 is 42.3 Å². The highest BCUT2D eigenvalue weighted by atomic mass is 16.4. The molecule has 9 N–H and O–H groups in total. The van der Waals surface area contributed by atoms with Gasteiger partial charge in [0, 0.05) is 19.3 Å². The largest absolute Gasteiger partial charge is 0.508 e. The van der Waals surface area contributed by atoms with Gasteiger partial charge in [0.05, 0.1) is 13.1 Å². The lowest BCUT2D eigenvalue weighted by Crippen LogP contribution is -2.57. The van der Waals surface area contributed by atoms with E-state index in [-0.39, 0.29) is 37.3 Å². The molecule has 232 valence electrons. The van der Waals surface area contributed by atoms with Gasteiger partial charge in [0.1, 0.15) is 29.6 Å². The minimum atomic E-state index is -1.36. The number of carbonyl (C=O) groups is 5. The fourth-order valence-electron chi connectivity index (χ4n) is 4.24. The van der Waals surface area contributed by atoms with Crippen LogP contribution in [0.15, 0.2) is 78.9 Å². The zero-order valence-electron chi connectivity index (χ0n) is 23.7. The molecule has 3 aromatic carbocycles. The van der Waals surface area contributed by atoms with Crippen LogP contribution in [0.4, 0.5) is 0 Å². The lowest BCUT2D eigenvalue weighted by Gasteiger charge is -2.25. The Hall–Kier alpha value is -5.43. The molecule has 0 unspecified atom stereocenters. The molecule has 4 amide bonds. The normalized spacial score (nSPS) is 12.7. The van der Waals surface area contributed by atoms with Crippen LogP contribution in [-0.4, -0.2) is 76.1 Å². The molecule has 0 saturated heterocycles. The molecule has 0 fully saturated rings. The topological polar surface area (TPSA) is 220 Å². The fourth-order valence-corrected chi connectivity index (χ4v) is 4.24. The molecule has 0 aromatic heterocycles. The fraction of sp³-hybridized carbons (Fsp3) is 0.258. The summed E-state index contributed by atoms with van der Waals surface area (Å²) >= 11 is 0. The first kappa shape index (κ1) is 33.1. The number of aromatic hydroxyl groups is 2. The second-order valence-electron chi connectivity index (χ2n) is 9.99. The number of benzene rings is 3. The van der Waals surface area contributed by atoms with E-state index >= 15 is 0 Å². The van der Waals surface area contributed by atoms with Crippen molar-refractivity contribution >= 4 is 29.6 Å². The molecular formula is C31H35N5O8. The van der Waals surface area contributed by atoms with Crippen molar-refractivity contribution < 1.29 is 39.3 Å². The van der Waals surface area contributed by atoms with Gasteiger partial charge in [0.15, 0.2) is 0 Å². The van der Waals surface area contributed by atoms with E-state index in [1.165, 1.54) is 36.4 Å². The number of carboxylic acids is 1. The summed E-state index contributed by atoms with van der Waals surface area (Å²) in [4.78, 5) is 63.2. The van der Waals surface area contributed by atoms with Crippen molar-refractivity contribution in [1.29, 1.82) is 0 Å². The monoisotopic (exact) mass is 605 g/mol. The standard InChI is InChI=1S/C31H35N5O8/c32-17-27(39)33-18-28(40)34-24(14-19-4-2-1-3-5-19)29(41)35-25(15-20-6-10-22(37)11-7-20)30(42)36-26(31(43)44)16-21-8-12-23(38)13-9-21/h1-13,24-26,37-38H,14-18,32H2,(H,33,39)(H,34,40)(H,35,41)(H,36,42)(H,43,44)/t24-,25-,26-/m1/s1.